The Bertz CT molecular complexity index is 1260. The molecule has 1 atom stereocenters. The Kier molecular flexibility index (Phi) is 4.95. The van der Waals surface area contributed by atoms with Gasteiger partial charge in [0.05, 0.1) is 28.4 Å². The number of amides is 1. The van der Waals surface area contributed by atoms with E-state index in [4.69, 9.17) is 4.74 Å². The topological polar surface area (TPSA) is 92.8 Å². The van der Waals surface area contributed by atoms with Crippen LogP contribution in [0.3, 0.4) is 0 Å². The first-order valence-corrected chi connectivity index (χ1v) is 10.9. The molecule has 1 amide bonds. The molecule has 3 aromatic rings. The number of carbonyl (C=O) groups is 2. The van der Waals surface area contributed by atoms with E-state index in [1.165, 1.54) is 6.92 Å². The number of para-hydroxylation sites is 1. The summed E-state index contributed by atoms with van der Waals surface area (Å²) < 4.78 is 32.6. The molecule has 0 unspecified atom stereocenters. The Morgan fingerprint density at radius 2 is 1.73 bits per heavy atom. The van der Waals surface area contributed by atoms with E-state index in [1.54, 1.807) is 55.5 Å². The zero-order valence-electron chi connectivity index (χ0n) is 16.5. The van der Waals surface area contributed by atoms with Gasteiger partial charge in [0.2, 0.25) is 5.91 Å². The first-order chi connectivity index (χ1) is 14.4. The van der Waals surface area contributed by atoms with Crippen LogP contribution in [0.4, 0.5) is 11.4 Å². The molecular formula is C22H20N2O5S. The minimum absolute atomic E-state index is 0.183. The molecule has 0 radical (unpaired) electrons. The lowest BCUT2D eigenvalue weighted by molar-refractivity contribution is -0.116. The van der Waals surface area contributed by atoms with Crippen LogP contribution in [-0.2, 0) is 19.6 Å². The van der Waals surface area contributed by atoms with Crippen molar-refractivity contribution in [2.45, 2.75) is 24.8 Å². The minimum Gasteiger partial charge on any atom is -0.462 e. The summed E-state index contributed by atoms with van der Waals surface area (Å²) in [6, 6.07) is 15.8. The van der Waals surface area contributed by atoms with Gasteiger partial charge in [0.25, 0.3) is 10.0 Å². The molecule has 0 saturated heterocycles. The van der Waals surface area contributed by atoms with Gasteiger partial charge >= 0.3 is 5.97 Å². The number of esters is 1. The lowest BCUT2D eigenvalue weighted by atomic mass is 10.1. The smallest absolute Gasteiger partial charge is 0.340 e. The Balaban J connectivity index is 1.69. The molecule has 0 fully saturated rings. The highest BCUT2D eigenvalue weighted by Gasteiger charge is 2.41. The van der Waals surface area contributed by atoms with Crippen LogP contribution in [-0.4, -0.2) is 32.9 Å². The van der Waals surface area contributed by atoms with Crippen LogP contribution in [0.2, 0.25) is 0 Å². The van der Waals surface area contributed by atoms with Gasteiger partial charge in [0.15, 0.2) is 0 Å². The van der Waals surface area contributed by atoms with Gasteiger partial charge in [0, 0.05) is 5.39 Å². The van der Waals surface area contributed by atoms with Crippen LogP contribution in [0, 0.1) is 0 Å². The molecule has 154 valence electrons. The van der Waals surface area contributed by atoms with Crippen molar-refractivity contribution in [3.63, 3.8) is 0 Å². The van der Waals surface area contributed by atoms with E-state index in [0.29, 0.717) is 11.1 Å². The molecule has 1 N–H and O–H groups in total. The number of hydrogen-bond acceptors (Lipinski definition) is 5. The van der Waals surface area contributed by atoms with Crippen molar-refractivity contribution in [1.29, 1.82) is 0 Å². The van der Waals surface area contributed by atoms with Gasteiger partial charge in [-0.3, -0.25) is 9.10 Å². The molecular weight excluding hydrogens is 404 g/mol. The maximum Gasteiger partial charge on any atom is 0.340 e. The molecule has 0 saturated carbocycles. The minimum atomic E-state index is -3.89. The molecule has 1 aliphatic heterocycles. The molecule has 0 spiro atoms. The van der Waals surface area contributed by atoms with Crippen LogP contribution < -0.4 is 9.62 Å². The number of benzene rings is 3. The first-order valence-electron chi connectivity index (χ1n) is 9.49. The number of hydrogen-bond donors (Lipinski definition) is 1. The van der Waals surface area contributed by atoms with Crippen LogP contribution in [0.15, 0.2) is 65.6 Å². The number of nitrogens with one attached hydrogen (secondary N) is 1. The molecule has 8 heteroatoms. The summed E-state index contributed by atoms with van der Waals surface area (Å²) in [7, 11) is -3.89. The van der Waals surface area contributed by atoms with E-state index in [9.17, 15) is 18.0 Å². The number of sulfonamides is 1. The zero-order valence-corrected chi connectivity index (χ0v) is 17.3. The van der Waals surface area contributed by atoms with E-state index in [2.05, 4.69) is 5.32 Å². The maximum absolute atomic E-state index is 13.2. The molecule has 1 aliphatic rings. The second-order valence-electron chi connectivity index (χ2n) is 6.86. The summed E-state index contributed by atoms with van der Waals surface area (Å²) in [4.78, 5) is 25.4. The lowest BCUT2D eigenvalue weighted by Crippen LogP contribution is -2.44. The van der Waals surface area contributed by atoms with E-state index >= 15 is 0 Å². The SMILES string of the molecule is CCOC(=O)c1ccccc1NC(=O)[C@H](C)N1c2cccc3cccc(c23)S1(=O)=O. The average Bonchev–Trinajstić information content (AvgIpc) is 2.96. The molecule has 4 rings (SSSR count). The third kappa shape index (κ3) is 3.09. The van der Waals surface area contributed by atoms with Gasteiger partial charge in [-0.15, -0.1) is 0 Å². The van der Waals surface area contributed by atoms with Crippen LogP contribution in [0.1, 0.15) is 24.2 Å². The molecule has 30 heavy (non-hydrogen) atoms. The fraction of sp³-hybridized carbons (Fsp3) is 0.182. The highest BCUT2D eigenvalue weighted by molar-refractivity contribution is 7.93. The molecule has 0 aliphatic carbocycles. The van der Waals surface area contributed by atoms with Crippen molar-refractivity contribution in [2.24, 2.45) is 0 Å². The fourth-order valence-corrected chi connectivity index (χ4v) is 5.53. The third-order valence-corrected chi connectivity index (χ3v) is 6.96. The van der Waals surface area contributed by atoms with Crippen molar-refractivity contribution in [2.75, 3.05) is 16.2 Å². The Hall–Kier alpha value is -3.39. The molecule has 0 bridgehead atoms. The third-order valence-electron chi connectivity index (χ3n) is 5.03. The number of ether oxygens (including phenoxy) is 1. The van der Waals surface area contributed by atoms with Crippen molar-refractivity contribution in [3.05, 3.63) is 66.2 Å². The number of anilines is 2. The molecule has 3 aromatic carbocycles. The van der Waals surface area contributed by atoms with Gasteiger partial charge in [-0.25, -0.2) is 13.2 Å². The normalized spacial score (nSPS) is 15.1. The fourth-order valence-electron chi connectivity index (χ4n) is 3.66. The van der Waals surface area contributed by atoms with E-state index in [-0.39, 0.29) is 22.8 Å². The monoisotopic (exact) mass is 424 g/mol. The predicted molar refractivity (Wildman–Crippen MR) is 114 cm³/mol. The van der Waals surface area contributed by atoms with Gasteiger partial charge < -0.3 is 10.1 Å². The van der Waals surface area contributed by atoms with Crippen molar-refractivity contribution in [1.82, 2.24) is 0 Å². The Morgan fingerprint density at radius 1 is 1.03 bits per heavy atom. The summed E-state index contributed by atoms with van der Waals surface area (Å²) >= 11 is 0. The van der Waals surface area contributed by atoms with Crippen molar-refractivity contribution >= 4 is 44.0 Å². The van der Waals surface area contributed by atoms with Crippen LogP contribution in [0.25, 0.3) is 10.8 Å². The first kappa shape index (κ1) is 19.9. The summed E-state index contributed by atoms with van der Waals surface area (Å²) in [5.41, 5.74) is 0.930. The zero-order chi connectivity index (χ0) is 21.5. The lowest BCUT2D eigenvalue weighted by Gasteiger charge is -2.25. The van der Waals surface area contributed by atoms with Gasteiger partial charge in [-0.2, -0.15) is 0 Å². The Morgan fingerprint density at radius 3 is 2.47 bits per heavy atom. The number of nitrogens with zero attached hydrogens (tertiary/aromatic N) is 1. The highest BCUT2D eigenvalue weighted by Crippen LogP contribution is 2.43. The average molecular weight is 424 g/mol. The van der Waals surface area contributed by atoms with Gasteiger partial charge in [-0.1, -0.05) is 36.4 Å². The predicted octanol–water partition coefficient (Wildman–Crippen LogP) is 3.55. The summed E-state index contributed by atoms with van der Waals surface area (Å²) in [6.07, 6.45) is 0. The van der Waals surface area contributed by atoms with Crippen molar-refractivity contribution < 1.29 is 22.7 Å². The quantitative estimate of drug-likeness (QED) is 0.633. The second-order valence-corrected chi connectivity index (χ2v) is 8.65. The van der Waals surface area contributed by atoms with E-state index in [1.807, 2.05) is 12.1 Å². The standard InChI is InChI=1S/C22H20N2O5S/c1-3-29-22(26)16-10-4-5-11-17(16)23-21(25)14(2)24-18-12-6-8-15-9-7-13-19(20(15)18)30(24,27)28/h4-14H,3H2,1-2H3,(H,23,25)/t14-/m0/s1. The highest BCUT2D eigenvalue weighted by atomic mass is 32.2. The van der Waals surface area contributed by atoms with Crippen LogP contribution >= 0.6 is 0 Å². The number of carbonyl (C=O) groups excluding carboxylic acids is 2. The Labute approximate surface area is 174 Å². The summed E-state index contributed by atoms with van der Waals surface area (Å²) in [5.74, 6) is -1.12. The molecule has 7 nitrogen and oxygen atoms in total. The summed E-state index contributed by atoms with van der Waals surface area (Å²) in [6.45, 7) is 3.41. The van der Waals surface area contributed by atoms with E-state index in [0.717, 1.165) is 9.69 Å². The maximum atomic E-state index is 13.2. The molecule has 1 heterocycles. The second kappa shape index (κ2) is 7.46. The largest absolute Gasteiger partial charge is 0.462 e. The molecule has 0 aromatic heterocycles. The summed E-state index contributed by atoms with van der Waals surface area (Å²) in [5, 5.41) is 4.07. The van der Waals surface area contributed by atoms with Gasteiger partial charge in [0.1, 0.15) is 6.04 Å². The van der Waals surface area contributed by atoms with Crippen LogP contribution in [0.5, 0.6) is 0 Å². The van der Waals surface area contributed by atoms with Crippen molar-refractivity contribution in [3.8, 4) is 0 Å². The number of rotatable bonds is 5. The van der Waals surface area contributed by atoms with E-state index < -0.39 is 27.9 Å². The van der Waals surface area contributed by atoms with Gasteiger partial charge in [-0.05, 0) is 43.5 Å².